The standard InChI is InChI=1S/C18H17ClN6O2S/c1-2-11-25-23-17(22-24-25)21-18(28)20-16(26)10-8-14-7-9-15(27-14)12-3-5-13(19)6-4-12/h3-10H,2,11H2,1H3,(H2,20,21,23,26,28). The molecule has 3 aromatic rings. The number of carbonyl (C=O) groups is 1. The summed E-state index contributed by atoms with van der Waals surface area (Å²) < 4.78 is 5.70. The van der Waals surface area contributed by atoms with E-state index in [1.165, 1.54) is 10.9 Å². The summed E-state index contributed by atoms with van der Waals surface area (Å²) in [5.74, 6) is 1.02. The summed E-state index contributed by atoms with van der Waals surface area (Å²) >= 11 is 10.9. The summed E-state index contributed by atoms with van der Waals surface area (Å²) in [6, 6.07) is 10.9. The van der Waals surface area contributed by atoms with Crippen molar-refractivity contribution in [1.82, 2.24) is 25.5 Å². The van der Waals surface area contributed by atoms with Gasteiger partial charge in [0, 0.05) is 16.7 Å². The van der Waals surface area contributed by atoms with Crippen LogP contribution >= 0.6 is 23.8 Å². The second kappa shape index (κ2) is 9.25. The van der Waals surface area contributed by atoms with Crippen molar-refractivity contribution in [2.75, 3.05) is 5.32 Å². The fraction of sp³-hybridized carbons (Fsp3) is 0.167. The summed E-state index contributed by atoms with van der Waals surface area (Å²) in [6.07, 6.45) is 3.75. The lowest BCUT2D eigenvalue weighted by molar-refractivity contribution is -0.115. The van der Waals surface area contributed by atoms with Gasteiger partial charge in [-0.2, -0.15) is 4.80 Å². The number of thiocarbonyl (C=S) groups is 1. The molecule has 0 bridgehead atoms. The van der Waals surface area contributed by atoms with Gasteiger partial charge in [-0.3, -0.25) is 15.4 Å². The maximum atomic E-state index is 12.0. The Morgan fingerprint density at radius 3 is 2.82 bits per heavy atom. The van der Waals surface area contributed by atoms with Crippen LogP contribution in [0, 0.1) is 0 Å². The van der Waals surface area contributed by atoms with Crippen molar-refractivity contribution in [3.8, 4) is 11.3 Å². The molecule has 0 aliphatic rings. The molecule has 0 unspecified atom stereocenters. The molecule has 2 aromatic heterocycles. The number of aryl methyl sites for hydroxylation is 1. The number of hydrogen-bond acceptors (Lipinski definition) is 6. The largest absolute Gasteiger partial charge is 0.457 e. The Hall–Kier alpha value is -3.04. The smallest absolute Gasteiger partial charge is 0.269 e. The topological polar surface area (TPSA) is 97.9 Å². The van der Waals surface area contributed by atoms with Crippen molar-refractivity contribution in [3.63, 3.8) is 0 Å². The summed E-state index contributed by atoms with van der Waals surface area (Å²) in [7, 11) is 0. The molecule has 10 heteroatoms. The molecule has 0 fully saturated rings. The van der Waals surface area contributed by atoms with E-state index < -0.39 is 5.91 Å². The molecule has 0 saturated carbocycles. The van der Waals surface area contributed by atoms with Crippen LogP contribution in [0.25, 0.3) is 17.4 Å². The lowest BCUT2D eigenvalue weighted by Crippen LogP contribution is -2.33. The van der Waals surface area contributed by atoms with Gasteiger partial charge in [-0.1, -0.05) is 23.6 Å². The van der Waals surface area contributed by atoms with E-state index >= 15 is 0 Å². The van der Waals surface area contributed by atoms with Gasteiger partial charge in [0.25, 0.3) is 5.95 Å². The van der Waals surface area contributed by atoms with E-state index in [4.69, 9.17) is 28.2 Å². The van der Waals surface area contributed by atoms with Gasteiger partial charge in [0.05, 0.1) is 6.54 Å². The number of nitrogens with one attached hydrogen (secondary N) is 2. The van der Waals surface area contributed by atoms with Crippen LogP contribution in [-0.2, 0) is 11.3 Å². The Labute approximate surface area is 171 Å². The van der Waals surface area contributed by atoms with E-state index in [1.54, 1.807) is 24.3 Å². The Bertz CT molecular complexity index is 996. The average molecular weight is 417 g/mol. The highest BCUT2D eigenvalue weighted by Gasteiger charge is 2.07. The number of carbonyl (C=O) groups excluding carboxylic acids is 1. The van der Waals surface area contributed by atoms with E-state index in [1.807, 2.05) is 25.1 Å². The number of rotatable bonds is 6. The number of amides is 1. The molecule has 28 heavy (non-hydrogen) atoms. The molecular formula is C18H17ClN6O2S. The lowest BCUT2D eigenvalue weighted by atomic mass is 10.2. The van der Waals surface area contributed by atoms with E-state index in [9.17, 15) is 4.79 Å². The van der Waals surface area contributed by atoms with Crippen molar-refractivity contribution in [1.29, 1.82) is 0 Å². The van der Waals surface area contributed by atoms with Crippen LogP contribution < -0.4 is 10.6 Å². The number of halogens is 1. The summed E-state index contributed by atoms with van der Waals surface area (Å²) in [6.45, 7) is 2.66. The second-order valence-electron chi connectivity index (χ2n) is 5.69. The van der Waals surface area contributed by atoms with E-state index in [0.29, 0.717) is 23.1 Å². The van der Waals surface area contributed by atoms with Gasteiger partial charge >= 0.3 is 0 Å². The van der Waals surface area contributed by atoms with Crippen LogP contribution in [0.15, 0.2) is 46.9 Å². The van der Waals surface area contributed by atoms with Gasteiger partial charge in [-0.15, -0.1) is 5.10 Å². The minimum absolute atomic E-state index is 0.0759. The van der Waals surface area contributed by atoms with Crippen molar-refractivity contribution in [3.05, 3.63) is 53.3 Å². The molecular weight excluding hydrogens is 400 g/mol. The summed E-state index contributed by atoms with van der Waals surface area (Å²) in [4.78, 5) is 13.4. The number of tetrazole rings is 1. The normalized spacial score (nSPS) is 10.9. The van der Waals surface area contributed by atoms with Crippen LogP contribution in [-0.4, -0.2) is 31.2 Å². The average Bonchev–Trinajstić information content (AvgIpc) is 3.30. The first-order valence-electron chi connectivity index (χ1n) is 8.47. The highest BCUT2D eigenvalue weighted by molar-refractivity contribution is 7.80. The highest BCUT2D eigenvalue weighted by atomic mass is 35.5. The zero-order valence-electron chi connectivity index (χ0n) is 14.9. The number of nitrogens with zero attached hydrogens (tertiary/aromatic N) is 4. The molecule has 0 radical (unpaired) electrons. The zero-order valence-corrected chi connectivity index (χ0v) is 16.5. The number of hydrogen-bond donors (Lipinski definition) is 2. The van der Waals surface area contributed by atoms with Crippen molar-refractivity contribution >= 4 is 46.9 Å². The molecule has 1 amide bonds. The third kappa shape index (κ3) is 5.48. The SMILES string of the molecule is CCCn1nnc(NC(=S)NC(=O)C=Cc2ccc(-c3ccc(Cl)cc3)o2)n1. The Morgan fingerprint density at radius 1 is 1.29 bits per heavy atom. The molecule has 2 N–H and O–H groups in total. The maximum absolute atomic E-state index is 12.0. The molecule has 0 aliphatic carbocycles. The molecule has 3 rings (SSSR count). The van der Waals surface area contributed by atoms with E-state index in [-0.39, 0.29) is 11.1 Å². The van der Waals surface area contributed by atoms with Crippen LogP contribution in [0.3, 0.4) is 0 Å². The monoisotopic (exact) mass is 416 g/mol. The molecule has 0 aliphatic heterocycles. The minimum Gasteiger partial charge on any atom is -0.457 e. The predicted octanol–water partition coefficient (Wildman–Crippen LogP) is 3.52. The summed E-state index contributed by atoms with van der Waals surface area (Å²) in [5.41, 5.74) is 0.891. The minimum atomic E-state index is -0.414. The first-order chi connectivity index (χ1) is 13.5. The molecule has 0 saturated heterocycles. The molecule has 0 atom stereocenters. The number of aromatic nitrogens is 4. The molecule has 144 valence electrons. The van der Waals surface area contributed by atoms with E-state index in [0.717, 1.165) is 12.0 Å². The van der Waals surface area contributed by atoms with Crippen LogP contribution in [0.1, 0.15) is 19.1 Å². The number of anilines is 1. The Morgan fingerprint density at radius 2 is 2.07 bits per heavy atom. The first-order valence-corrected chi connectivity index (χ1v) is 9.25. The lowest BCUT2D eigenvalue weighted by Gasteiger charge is -2.03. The predicted molar refractivity (Wildman–Crippen MR) is 111 cm³/mol. The van der Waals surface area contributed by atoms with E-state index in [2.05, 4.69) is 26.0 Å². The Kier molecular flexibility index (Phi) is 6.51. The van der Waals surface area contributed by atoms with Gasteiger partial charge in [0.15, 0.2) is 5.11 Å². The zero-order chi connectivity index (χ0) is 19.9. The van der Waals surface area contributed by atoms with Crippen LogP contribution in [0.4, 0.5) is 5.95 Å². The van der Waals surface area contributed by atoms with Crippen molar-refractivity contribution < 1.29 is 9.21 Å². The summed E-state index contributed by atoms with van der Waals surface area (Å²) in [5, 5.41) is 17.7. The maximum Gasteiger partial charge on any atom is 0.269 e. The number of furan rings is 1. The first kappa shape index (κ1) is 19.7. The number of benzene rings is 1. The molecule has 1 aromatic carbocycles. The fourth-order valence-electron chi connectivity index (χ4n) is 2.24. The Balaban J connectivity index is 1.53. The van der Waals surface area contributed by atoms with Crippen LogP contribution in [0.5, 0.6) is 0 Å². The van der Waals surface area contributed by atoms with Gasteiger partial charge in [-0.25, -0.2) is 0 Å². The molecule has 0 spiro atoms. The third-order valence-electron chi connectivity index (χ3n) is 3.49. The van der Waals surface area contributed by atoms with Crippen molar-refractivity contribution in [2.45, 2.75) is 19.9 Å². The van der Waals surface area contributed by atoms with Gasteiger partial charge < -0.3 is 4.42 Å². The van der Waals surface area contributed by atoms with Gasteiger partial charge in [0.1, 0.15) is 11.5 Å². The molecule has 2 heterocycles. The molecule has 8 nitrogen and oxygen atoms in total. The van der Waals surface area contributed by atoms with Crippen LogP contribution in [0.2, 0.25) is 5.02 Å². The van der Waals surface area contributed by atoms with Gasteiger partial charge in [-0.05, 0) is 66.3 Å². The van der Waals surface area contributed by atoms with Crippen molar-refractivity contribution in [2.24, 2.45) is 0 Å². The van der Waals surface area contributed by atoms with Gasteiger partial charge in [0.2, 0.25) is 5.91 Å². The fourth-order valence-corrected chi connectivity index (χ4v) is 2.56. The second-order valence-corrected chi connectivity index (χ2v) is 6.54. The highest BCUT2D eigenvalue weighted by Crippen LogP contribution is 2.24. The third-order valence-corrected chi connectivity index (χ3v) is 3.95. The quantitative estimate of drug-likeness (QED) is 0.468.